The number of benzene rings is 1. The lowest BCUT2D eigenvalue weighted by atomic mass is 10.2. The van der Waals surface area contributed by atoms with E-state index in [2.05, 4.69) is 4.90 Å². The number of furan rings is 1. The number of nitrogens with two attached hydrogens (primary N) is 1. The van der Waals surface area contributed by atoms with E-state index in [4.69, 9.17) is 34.0 Å². The molecule has 100 valence electrons. The molecule has 0 saturated carbocycles. The fourth-order valence-corrected chi connectivity index (χ4v) is 2.37. The summed E-state index contributed by atoms with van der Waals surface area (Å²) in [6, 6.07) is 7.64. The number of anilines is 1. The zero-order valence-electron chi connectivity index (χ0n) is 10.8. The van der Waals surface area contributed by atoms with E-state index in [9.17, 15) is 0 Å². The Labute approximate surface area is 123 Å². The van der Waals surface area contributed by atoms with Crippen LogP contribution in [-0.4, -0.2) is 12.0 Å². The maximum absolute atomic E-state index is 6.17. The lowest BCUT2D eigenvalue weighted by Gasteiger charge is -2.20. The fourth-order valence-electron chi connectivity index (χ4n) is 1.86. The maximum Gasteiger partial charge on any atom is 0.105 e. The summed E-state index contributed by atoms with van der Waals surface area (Å²) >= 11 is 11.1. The van der Waals surface area contributed by atoms with Crippen molar-refractivity contribution in [2.75, 3.05) is 11.9 Å². The number of hydrogen-bond acceptors (Lipinski definition) is 3. The second kappa shape index (κ2) is 5.63. The van der Waals surface area contributed by atoms with Crippen LogP contribution in [0.3, 0.4) is 0 Å². The van der Waals surface area contributed by atoms with Gasteiger partial charge in [-0.2, -0.15) is 0 Å². The van der Waals surface area contributed by atoms with Gasteiger partial charge < -0.3 is 15.1 Å². The fraction of sp³-hybridized carbons (Fsp3) is 0.214. The molecule has 0 aliphatic rings. The molecule has 0 atom stereocenters. The van der Waals surface area contributed by atoms with Crippen molar-refractivity contribution in [1.29, 1.82) is 0 Å². The molecule has 19 heavy (non-hydrogen) atoms. The van der Waals surface area contributed by atoms with Gasteiger partial charge in [0.15, 0.2) is 0 Å². The molecule has 2 N–H and O–H groups in total. The van der Waals surface area contributed by atoms with E-state index in [0.29, 0.717) is 15.6 Å². The third kappa shape index (κ3) is 3.08. The van der Waals surface area contributed by atoms with E-state index >= 15 is 0 Å². The molecule has 3 nitrogen and oxygen atoms in total. The molecule has 2 aromatic rings. The first-order valence-corrected chi connectivity index (χ1v) is 6.61. The van der Waals surface area contributed by atoms with Gasteiger partial charge >= 0.3 is 0 Å². The Bertz CT molecular complexity index is 609. The minimum absolute atomic E-state index is 0.310. The van der Waals surface area contributed by atoms with E-state index < -0.39 is 0 Å². The predicted octanol–water partition coefficient (Wildman–Crippen LogP) is 3.51. The lowest BCUT2D eigenvalue weighted by molar-refractivity contribution is 0.529. The average Bonchev–Trinajstić information content (AvgIpc) is 2.74. The van der Waals surface area contributed by atoms with Crippen molar-refractivity contribution in [3.05, 3.63) is 52.4 Å². The monoisotopic (exact) mass is 294 g/mol. The van der Waals surface area contributed by atoms with Crippen LogP contribution in [0, 0.1) is 6.92 Å². The summed E-state index contributed by atoms with van der Waals surface area (Å²) in [4.78, 5) is 2.40. The number of aryl methyl sites for hydroxylation is 1. The summed E-state index contributed by atoms with van der Waals surface area (Å²) < 4.78 is 5.29. The third-order valence-corrected chi connectivity index (χ3v) is 3.57. The largest absolute Gasteiger partial charge is 0.469 e. The Morgan fingerprint density at radius 1 is 1.42 bits per heavy atom. The Balaban J connectivity index is 2.20. The summed E-state index contributed by atoms with van der Waals surface area (Å²) in [5.74, 6) is 0.928. The Hall–Kier alpha value is -1.52. The van der Waals surface area contributed by atoms with E-state index in [-0.39, 0.29) is 0 Å². The quantitative estimate of drug-likeness (QED) is 0.876. The zero-order valence-corrected chi connectivity index (χ0v) is 12.4. The van der Waals surface area contributed by atoms with Gasteiger partial charge in [-0.3, -0.25) is 0 Å². The Morgan fingerprint density at radius 3 is 2.68 bits per heavy atom. The number of thiocarbonyl (C=S) groups is 1. The molecule has 0 fully saturated rings. The van der Waals surface area contributed by atoms with Crippen molar-refractivity contribution in [3.8, 4) is 0 Å². The topological polar surface area (TPSA) is 42.4 Å². The minimum atomic E-state index is 0.310. The maximum atomic E-state index is 6.17. The summed E-state index contributed by atoms with van der Waals surface area (Å²) in [5, 5.41) is 0.570. The standard InChI is InChI=1S/C14H15ClN2OS/c1-9-10(5-6-18-9)8-17(2)11-3-4-12(14(16)19)13(15)7-11/h3-7H,8H2,1-2H3,(H2,16,19). The van der Waals surface area contributed by atoms with E-state index in [0.717, 1.165) is 23.6 Å². The highest BCUT2D eigenvalue weighted by atomic mass is 35.5. The molecular weight excluding hydrogens is 280 g/mol. The molecule has 1 aromatic carbocycles. The van der Waals surface area contributed by atoms with Crippen LogP contribution in [0.15, 0.2) is 34.9 Å². The minimum Gasteiger partial charge on any atom is -0.469 e. The molecule has 0 amide bonds. The van der Waals surface area contributed by atoms with Gasteiger partial charge in [-0.15, -0.1) is 0 Å². The highest BCUT2D eigenvalue weighted by Gasteiger charge is 2.09. The van der Waals surface area contributed by atoms with Crippen molar-refractivity contribution in [2.24, 2.45) is 5.73 Å². The van der Waals surface area contributed by atoms with Crippen LogP contribution in [0.5, 0.6) is 0 Å². The van der Waals surface area contributed by atoms with Crippen LogP contribution < -0.4 is 10.6 Å². The van der Waals surface area contributed by atoms with Gasteiger partial charge in [0.2, 0.25) is 0 Å². The van der Waals surface area contributed by atoms with Gasteiger partial charge in [0.05, 0.1) is 11.3 Å². The van der Waals surface area contributed by atoms with Crippen molar-refractivity contribution in [3.63, 3.8) is 0 Å². The second-order valence-corrected chi connectivity index (χ2v) is 5.23. The average molecular weight is 295 g/mol. The molecule has 0 spiro atoms. The van der Waals surface area contributed by atoms with Crippen LogP contribution in [0.4, 0.5) is 5.69 Å². The highest BCUT2D eigenvalue weighted by molar-refractivity contribution is 7.80. The first-order chi connectivity index (χ1) is 8.99. The molecule has 0 unspecified atom stereocenters. The molecule has 0 aliphatic heterocycles. The normalized spacial score (nSPS) is 10.5. The SMILES string of the molecule is Cc1occc1CN(C)c1ccc(C(N)=S)c(Cl)c1. The molecule has 0 radical (unpaired) electrons. The molecule has 5 heteroatoms. The Morgan fingerprint density at radius 2 is 2.16 bits per heavy atom. The number of halogens is 1. The summed E-state index contributed by atoms with van der Waals surface area (Å²) in [5.41, 5.74) is 8.45. The van der Waals surface area contributed by atoms with Crippen LogP contribution in [-0.2, 0) is 6.54 Å². The van der Waals surface area contributed by atoms with Crippen LogP contribution in [0.1, 0.15) is 16.9 Å². The molecule has 2 rings (SSSR count). The van der Waals surface area contributed by atoms with Gasteiger partial charge in [-0.1, -0.05) is 23.8 Å². The summed E-state index contributed by atoms with van der Waals surface area (Å²) in [6.45, 7) is 2.71. The molecule has 1 aromatic heterocycles. The predicted molar refractivity (Wildman–Crippen MR) is 82.9 cm³/mol. The van der Waals surface area contributed by atoms with E-state index in [1.165, 1.54) is 0 Å². The van der Waals surface area contributed by atoms with E-state index in [1.54, 1.807) is 6.26 Å². The van der Waals surface area contributed by atoms with Gasteiger partial charge in [0.1, 0.15) is 10.7 Å². The van der Waals surface area contributed by atoms with Crippen LogP contribution >= 0.6 is 23.8 Å². The van der Waals surface area contributed by atoms with Crippen LogP contribution in [0.25, 0.3) is 0 Å². The highest BCUT2D eigenvalue weighted by Crippen LogP contribution is 2.24. The second-order valence-electron chi connectivity index (χ2n) is 4.39. The number of hydrogen-bond donors (Lipinski definition) is 1. The van der Waals surface area contributed by atoms with Gasteiger partial charge in [-0.05, 0) is 31.2 Å². The Kier molecular flexibility index (Phi) is 4.12. The summed E-state index contributed by atoms with van der Waals surface area (Å²) in [6.07, 6.45) is 1.70. The van der Waals surface area contributed by atoms with Crippen LogP contribution in [0.2, 0.25) is 5.02 Å². The first kappa shape index (κ1) is 13.9. The first-order valence-electron chi connectivity index (χ1n) is 5.82. The van der Waals surface area contributed by atoms with Crippen molar-refractivity contribution in [1.82, 2.24) is 0 Å². The number of rotatable bonds is 4. The van der Waals surface area contributed by atoms with E-state index in [1.807, 2.05) is 38.2 Å². The third-order valence-electron chi connectivity index (χ3n) is 3.03. The van der Waals surface area contributed by atoms with Gasteiger partial charge in [-0.25, -0.2) is 0 Å². The van der Waals surface area contributed by atoms with Crippen molar-refractivity contribution < 1.29 is 4.42 Å². The van der Waals surface area contributed by atoms with Crippen molar-refractivity contribution >= 4 is 34.5 Å². The molecule has 1 heterocycles. The molecule has 0 aliphatic carbocycles. The molecular formula is C14H15ClN2OS. The molecule has 0 saturated heterocycles. The van der Waals surface area contributed by atoms with Gasteiger partial charge in [0.25, 0.3) is 0 Å². The smallest absolute Gasteiger partial charge is 0.105 e. The molecule has 0 bridgehead atoms. The van der Waals surface area contributed by atoms with Crippen molar-refractivity contribution in [2.45, 2.75) is 13.5 Å². The number of nitrogens with zero attached hydrogens (tertiary/aromatic N) is 1. The lowest BCUT2D eigenvalue weighted by Crippen LogP contribution is -2.17. The van der Waals surface area contributed by atoms with Gasteiger partial charge in [0, 0.05) is 30.4 Å². The summed E-state index contributed by atoms with van der Waals surface area (Å²) in [7, 11) is 2.00. The zero-order chi connectivity index (χ0) is 14.0.